The average molecular weight is 229 g/mol. The summed E-state index contributed by atoms with van der Waals surface area (Å²) in [4.78, 5) is 4.07. The van der Waals surface area contributed by atoms with E-state index in [4.69, 9.17) is 11.0 Å². The quantitative estimate of drug-likeness (QED) is 0.778. The number of rotatable bonds is 2. The van der Waals surface area contributed by atoms with Gasteiger partial charge in [0.15, 0.2) is 0 Å². The van der Waals surface area contributed by atoms with E-state index >= 15 is 0 Å². The molecule has 1 heterocycles. The molecule has 80 valence electrons. The van der Waals surface area contributed by atoms with Crippen LogP contribution in [0.2, 0.25) is 0 Å². The first kappa shape index (κ1) is 10.7. The number of hydrogen-bond donors (Lipinski definition) is 2. The van der Waals surface area contributed by atoms with Gasteiger partial charge in [-0.2, -0.15) is 5.26 Å². The van der Waals surface area contributed by atoms with E-state index in [1.165, 1.54) is 4.90 Å². The third-order valence-corrected chi connectivity index (χ3v) is 3.17. The van der Waals surface area contributed by atoms with Crippen LogP contribution in [0.25, 0.3) is 11.1 Å². The molecule has 0 amide bonds. The fraction of sp³-hybridized carbons (Fsp3) is 0.0833. The molecule has 3 nitrogen and oxygen atoms in total. The molecule has 0 aliphatic carbocycles. The number of nitrogens with one attached hydrogen (secondary N) is 1. The zero-order valence-corrected chi connectivity index (χ0v) is 9.64. The lowest BCUT2D eigenvalue weighted by Crippen LogP contribution is -1.87. The molecule has 1 aromatic heterocycles. The molecule has 16 heavy (non-hydrogen) atoms. The largest absolute Gasteiger partial charge is 0.384 e. The van der Waals surface area contributed by atoms with Crippen molar-refractivity contribution in [1.82, 2.24) is 4.98 Å². The van der Waals surface area contributed by atoms with Crippen molar-refractivity contribution >= 4 is 17.6 Å². The maximum atomic E-state index is 9.00. The molecular weight excluding hydrogens is 218 g/mol. The number of anilines is 1. The van der Waals surface area contributed by atoms with Crippen molar-refractivity contribution in [2.75, 3.05) is 12.0 Å². The number of aromatic nitrogens is 1. The highest BCUT2D eigenvalue weighted by Gasteiger charge is 2.09. The van der Waals surface area contributed by atoms with Crippen LogP contribution in [0, 0.1) is 11.3 Å². The van der Waals surface area contributed by atoms with Gasteiger partial charge in [0.05, 0.1) is 0 Å². The maximum absolute atomic E-state index is 9.00. The molecule has 4 heteroatoms. The first-order valence-electron chi connectivity index (χ1n) is 4.77. The predicted octanol–water partition coefficient (Wildman–Crippen LogP) is 2.86. The number of nitrogens with zero attached hydrogens (tertiary/aromatic N) is 1. The Morgan fingerprint density at radius 2 is 2.00 bits per heavy atom. The van der Waals surface area contributed by atoms with E-state index < -0.39 is 0 Å². The molecule has 0 spiro atoms. The molecule has 0 radical (unpaired) electrons. The Balaban J connectivity index is 2.47. The van der Waals surface area contributed by atoms with E-state index in [1.54, 1.807) is 18.0 Å². The number of benzene rings is 1. The van der Waals surface area contributed by atoms with Gasteiger partial charge in [-0.25, -0.2) is 0 Å². The van der Waals surface area contributed by atoms with Crippen LogP contribution in [-0.4, -0.2) is 11.2 Å². The average Bonchev–Trinajstić information content (AvgIpc) is 2.70. The van der Waals surface area contributed by atoms with Crippen LogP contribution in [-0.2, 0) is 0 Å². The summed E-state index contributed by atoms with van der Waals surface area (Å²) in [5.74, 6) is 0.423. The van der Waals surface area contributed by atoms with Gasteiger partial charge in [-0.1, -0.05) is 12.1 Å². The summed E-state index contributed by atoms with van der Waals surface area (Å²) in [6.07, 6.45) is 3.80. The molecule has 0 atom stereocenters. The van der Waals surface area contributed by atoms with Crippen molar-refractivity contribution in [3.05, 3.63) is 36.0 Å². The number of H-pyrrole nitrogens is 1. The van der Waals surface area contributed by atoms with Gasteiger partial charge in [0, 0.05) is 16.7 Å². The van der Waals surface area contributed by atoms with Crippen molar-refractivity contribution < 1.29 is 0 Å². The van der Waals surface area contributed by atoms with Gasteiger partial charge in [0.1, 0.15) is 17.5 Å². The highest BCUT2D eigenvalue weighted by Crippen LogP contribution is 2.28. The van der Waals surface area contributed by atoms with Crippen molar-refractivity contribution in [3.63, 3.8) is 0 Å². The minimum absolute atomic E-state index is 0.423. The fourth-order valence-corrected chi connectivity index (χ4v) is 1.97. The molecule has 0 saturated heterocycles. The Hall–Kier alpha value is -1.86. The minimum atomic E-state index is 0.423. The molecule has 0 aliphatic heterocycles. The summed E-state index contributed by atoms with van der Waals surface area (Å²) in [7, 11) is 0. The van der Waals surface area contributed by atoms with Crippen LogP contribution >= 0.6 is 11.8 Å². The summed E-state index contributed by atoms with van der Waals surface area (Å²) in [5, 5.41) is 9.00. The lowest BCUT2D eigenvalue weighted by molar-refractivity contribution is 1.40. The minimum Gasteiger partial charge on any atom is -0.384 e. The van der Waals surface area contributed by atoms with Crippen LogP contribution in [0.1, 0.15) is 5.56 Å². The first-order chi connectivity index (χ1) is 7.76. The highest BCUT2D eigenvalue weighted by molar-refractivity contribution is 7.98. The third-order valence-electron chi connectivity index (χ3n) is 2.42. The Labute approximate surface area is 98.3 Å². The van der Waals surface area contributed by atoms with Gasteiger partial charge in [0.2, 0.25) is 0 Å². The molecule has 3 N–H and O–H groups in total. The van der Waals surface area contributed by atoms with Crippen molar-refractivity contribution in [1.29, 1.82) is 5.26 Å². The second-order valence-corrected chi connectivity index (χ2v) is 4.21. The molecule has 1 aromatic carbocycles. The first-order valence-corrected chi connectivity index (χ1v) is 6.00. The van der Waals surface area contributed by atoms with Crippen molar-refractivity contribution in [2.24, 2.45) is 0 Å². The zero-order valence-electron chi connectivity index (χ0n) is 8.82. The summed E-state index contributed by atoms with van der Waals surface area (Å²) in [5.41, 5.74) is 8.03. The summed E-state index contributed by atoms with van der Waals surface area (Å²) >= 11 is 1.69. The Bertz CT molecular complexity index is 534. The van der Waals surface area contributed by atoms with Gasteiger partial charge in [-0.05, 0) is 24.0 Å². The Kier molecular flexibility index (Phi) is 2.88. The topological polar surface area (TPSA) is 65.6 Å². The van der Waals surface area contributed by atoms with E-state index in [0.717, 1.165) is 11.1 Å². The number of nitrogen functional groups attached to an aromatic ring is 1. The second-order valence-electron chi connectivity index (χ2n) is 3.33. The van der Waals surface area contributed by atoms with E-state index in [9.17, 15) is 0 Å². The van der Waals surface area contributed by atoms with Crippen LogP contribution in [0.5, 0.6) is 0 Å². The van der Waals surface area contributed by atoms with Crippen LogP contribution in [0.4, 0.5) is 5.82 Å². The van der Waals surface area contributed by atoms with Gasteiger partial charge < -0.3 is 10.7 Å². The highest BCUT2D eigenvalue weighted by atomic mass is 32.2. The monoisotopic (exact) mass is 229 g/mol. The normalized spacial score (nSPS) is 10.0. The molecule has 2 rings (SSSR count). The molecule has 0 unspecified atom stereocenters. The van der Waals surface area contributed by atoms with Gasteiger partial charge in [-0.3, -0.25) is 0 Å². The van der Waals surface area contributed by atoms with E-state index in [-0.39, 0.29) is 0 Å². The summed E-state index contributed by atoms with van der Waals surface area (Å²) in [6, 6.07) is 10.2. The maximum Gasteiger partial charge on any atom is 0.119 e. The number of hydrogen-bond acceptors (Lipinski definition) is 3. The number of thioether (sulfide) groups is 1. The Morgan fingerprint density at radius 3 is 2.56 bits per heavy atom. The smallest absolute Gasteiger partial charge is 0.119 e. The summed E-state index contributed by atoms with van der Waals surface area (Å²) < 4.78 is 0. The Morgan fingerprint density at radius 1 is 1.31 bits per heavy atom. The molecule has 0 bridgehead atoms. The number of nitrogens with two attached hydrogens (primary N) is 1. The van der Waals surface area contributed by atoms with Crippen LogP contribution < -0.4 is 5.73 Å². The number of aromatic amines is 1. The molecule has 2 aromatic rings. The summed E-state index contributed by atoms with van der Waals surface area (Å²) in [6.45, 7) is 0. The van der Waals surface area contributed by atoms with E-state index in [1.807, 2.05) is 30.5 Å². The van der Waals surface area contributed by atoms with Gasteiger partial charge in [-0.15, -0.1) is 11.8 Å². The lowest BCUT2D eigenvalue weighted by Gasteiger charge is -2.00. The van der Waals surface area contributed by atoms with E-state index in [0.29, 0.717) is 11.4 Å². The third kappa shape index (κ3) is 1.77. The molecule has 0 aliphatic rings. The SMILES string of the molecule is CSc1ccc(-c2c[nH]c(N)c2C#N)cc1. The van der Waals surface area contributed by atoms with E-state index in [2.05, 4.69) is 11.1 Å². The standard InChI is InChI=1S/C12H11N3S/c1-16-9-4-2-8(3-5-9)11-7-15-12(14)10(11)6-13/h2-5,7,15H,14H2,1H3. The van der Waals surface area contributed by atoms with Gasteiger partial charge in [0.25, 0.3) is 0 Å². The predicted molar refractivity (Wildman–Crippen MR) is 67.1 cm³/mol. The van der Waals surface area contributed by atoms with Crippen LogP contribution in [0.3, 0.4) is 0 Å². The molecule has 0 saturated carbocycles. The second kappa shape index (κ2) is 4.33. The number of nitriles is 1. The zero-order chi connectivity index (χ0) is 11.5. The fourth-order valence-electron chi connectivity index (χ4n) is 1.56. The van der Waals surface area contributed by atoms with Crippen molar-refractivity contribution in [3.8, 4) is 17.2 Å². The van der Waals surface area contributed by atoms with Gasteiger partial charge >= 0.3 is 0 Å². The molecular formula is C12H11N3S. The molecule has 0 fully saturated rings. The van der Waals surface area contributed by atoms with Crippen LogP contribution in [0.15, 0.2) is 35.4 Å². The van der Waals surface area contributed by atoms with Crippen molar-refractivity contribution in [2.45, 2.75) is 4.90 Å². The lowest BCUT2D eigenvalue weighted by atomic mass is 10.1.